The highest BCUT2D eigenvalue weighted by Gasteiger charge is 2.64. The number of fused-ring (bicyclic) bond motifs is 9. The zero-order valence-electron chi connectivity index (χ0n) is 80.8. The number of esters is 1. The molecule has 0 spiro atoms. The van der Waals surface area contributed by atoms with Crippen molar-refractivity contribution in [3.05, 3.63) is 395 Å². The standard InChI is InChI=1S/C24H36O3S.C18H12F3S.C18H14OS.C18H15S.C14H18F2O5S.2C9H6F6.C6H6S/c25-28(26,27)24-22(19-12-6-2-7-13-19)16-21(18-10-4-1-5-11-18)17-23(24)20-14-8-3-9-15-20;19-13-1-7-16(8-2-13)22(17-9-3-14(20)4-10-17)18-11-5-15(21)6-12-18;19-15-11-13-18(14-12-15)20(16-7-3-1-4-8-16)17-9-5-2-6-10-17;1-4-10-16(11-5-1)19(17-12-6-2-7-13-17)18-14-8-3-9-15-18;15-14(16,22(18,19)20)13(17)21-10-5-8-4-9(10)12-7-2-1-6(3-7)11(8)12;2*1-5-2-6(8(10,11)12)4-7(3-5)9(13,14)15;7-6-4-2-1-3-5-6/h16-20H,1-15H2,(H,25,26,27);1-12H;1-14H;1-15H;6-12H,1-5H2,(H,18,19,20);2*2-4H,1H3;1-5,7H/q;+1;;+1;;;;/p+1. The molecule has 20 rings (SSSR count). The molecule has 7 atom stereocenters. The Kier molecular flexibility index (Phi) is 39.6. The number of halogens is 17. The summed E-state index contributed by atoms with van der Waals surface area (Å²) in [6, 6.07) is 96.4. The van der Waals surface area contributed by atoms with Gasteiger partial charge in [0.2, 0.25) is 0 Å². The lowest BCUT2D eigenvalue weighted by atomic mass is 9.70. The molecular formula is C116H114F17O9S6+3. The Bertz CT molecular complexity index is 6230. The summed E-state index contributed by atoms with van der Waals surface area (Å²) in [7, 11) is -10.9. The number of alkyl halides is 14. The van der Waals surface area contributed by atoms with Gasteiger partial charge in [0.1, 0.15) is 39.1 Å². The quantitative estimate of drug-likeness (QED) is 0.0316. The molecule has 7 fully saturated rings. The third-order valence-corrected chi connectivity index (χ3v) is 36.2. The molecule has 0 amide bonds. The lowest BCUT2D eigenvalue weighted by Gasteiger charge is -2.38. The lowest BCUT2D eigenvalue weighted by Crippen LogP contribution is -2.44. The number of ether oxygens (including phenoxy) is 1. The number of phenolic OH excluding ortho intramolecular Hbond substituents is 1. The normalized spacial score (nSPS) is 18.8. The SMILES string of the molecule is Cc1cc(C(F)(F)F)cc(C(F)(F)F)c1.Cc1cc(C(F)(F)F)cc(C(F)(F)F)c1.Fc1ccc([S+](c2ccc(F)cc2)c2ccc(F)cc2)cc1.O=C(OC1CC2CC1C1C3CCC(C3)C21)C(F)(F)S(=O)(=O)[O-].O=S(=O)(O)c1c(C2CCCCC2)cc(C2CCCCC2)cc1C1CCCCC1.Oc1ccc([S+](c2ccccc2)c2ccccc2)cc1.[SH2+]c1ccccc1.c1ccc([S+](c2ccccc2)c2ccccc2)cc1. The summed E-state index contributed by atoms with van der Waals surface area (Å²) in [5.41, 5.74) is -2.02. The van der Waals surface area contributed by atoms with Crippen molar-refractivity contribution in [2.24, 2.45) is 35.5 Å². The van der Waals surface area contributed by atoms with E-state index in [0.717, 1.165) is 75.2 Å². The summed E-state index contributed by atoms with van der Waals surface area (Å²) in [6.45, 7) is 2.37. The second kappa shape index (κ2) is 51.3. The van der Waals surface area contributed by atoms with Gasteiger partial charge in [0.25, 0.3) is 10.1 Å². The van der Waals surface area contributed by atoms with E-state index >= 15 is 0 Å². The van der Waals surface area contributed by atoms with E-state index in [0.29, 0.717) is 70.9 Å². The second-order valence-corrected chi connectivity index (χ2v) is 47.1. The maximum absolute atomic E-state index is 13.3. The number of hydrogen-bond donors (Lipinski definition) is 2. The van der Waals surface area contributed by atoms with E-state index in [1.165, 1.54) is 169 Å². The molecule has 0 aliphatic heterocycles. The molecule has 4 bridgehead atoms. The van der Waals surface area contributed by atoms with E-state index < -0.39 is 95.4 Å². The van der Waals surface area contributed by atoms with Gasteiger partial charge in [-0.25, -0.2) is 26.4 Å². The minimum Gasteiger partial charge on any atom is -0.743 e. The van der Waals surface area contributed by atoms with Crippen LogP contribution in [0.2, 0.25) is 0 Å². The van der Waals surface area contributed by atoms with Crippen LogP contribution in [0.25, 0.3) is 0 Å². The molecule has 7 aliphatic rings. The smallest absolute Gasteiger partial charge is 0.428 e. The molecule has 0 heterocycles. The van der Waals surface area contributed by atoms with E-state index in [4.69, 9.17) is 4.74 Å². The van der Waals surface area contributed by atoms with Crippen molar-refractivity contribution in [3.63, 3.8) is 0 Å². The minimum absolute atomic E-state index is 0.0146. The van der Waals surface area contributed by atoms with Crippen molar-refractivity contribution in [2.45, 2.75) is 250 Å². The van der Waals surface area contributed by atoms with Crippen LogP contribution in [0.5, 0.6) is 5.75 Å². The van der Waals surface area contributed by atoms with Crippen LogP contribution in [-0.2, 0) is 99.8 Å². The molecule has 2 N–H and O–H groups in total. The van der Waals surface area contributed by atoms with Gasteiger partial charge in [0, 0.05) is 0 Å². The van der Waals surface area contributed by atoms with Gasteiger partial charge >= 0.3 is 35.9 Å². The molecule has 13 aromatic rings. The average molecular weight is 2170 g/mol. The summed E-state index contributed by atoms with van der Waals surface area (Å²) in [5.74, 6) is 1.11. The highest BCUT2D eigenvalue weighted by atomic mass is 32.2. The van der Waals surface area contributed by atoms with Crippen LogP contribution in [0.15, 0.2) is 381 Å². The van der Waals surface area contributed by atoms with Crippen molar-refractivity contribution in [1.82, 2.24) is 0 Å². The molecule has 0 saturated heterocycles. The number of carbonyl (C=O) groups is 1. The number of hydrogen-bond acceptors (Lipinski definition) is 8. The van der Waals surface area contributed by atoms with E-state index in [1.54, 1.807) is 48.5 Å². The molecule has 148 heavy (non-hydrogen) atoms. The number of aromatic hydroxyl groups is 1. The monoisotopic (exact) mass is 2170 g/mol. The van der Waals surface area contributed by atoms with Crippen molar-refractivity contribution in [1.29, 1.82) is 0 Å². The molecule has 0 radical (unpaired) electrons. The first-order valence-electron chi connectivity index (χ1n) is 48.8. The molecular weight excluding hydrogens is 2050 g/mol. The maximum atomic E-state index is 13.3. The Balaban J connectivity index is 0.000000144. The van der Waals surface area contributed by atoms with Crippen LogP contribution < -0.4 is 0 Å². The Morgan fingerprint density at radius 1 is 0.345 bits per heavy atom. The van der Waals surface area contributed by atoms with Crippen molar-refractivity contribution in [2.75, 3.05) is 0 Å². The van der Waals surface area contributed by atoms with E-state index in [1.807, 2.05) is 54.6 Å². The number of aryl methyl sites for hydroxylation is 2. The maximum Gasteiger partial charge on any atom is 0.428 e. The van der Waals surface area contributed by atoms with Crippen LogP contribution in [0.3, 0.4) is 0 Å². The molecule has 0 aromatic heterocycles. The number of benzene rings is 13. The van der Waals surface area contributed by atoms with Crippen LogP contribution in [-0.4, -0.2) is 48.4 Å². The number of phenols is 1. The summed E-state index contributed by atoms with van der Waals surface area (Å²) in [4.78, 5) is 23.4. The van der Waals surface area contributed by atoms with Gasteiger partial charge in [-0.3, -0.25) is 4.55 Å². The fraction of sp³-hybridized carbons (Fsp3) is 0.319. The minimum atomic E-state index is -6.04. The first-order valence-corrected chi connectivity index (χ1v) is 55.8. The van der Waals surface area contributed by atoms with Gasteiger partial charge < -0.3 is 14.4 Å². The Hall–Kier alpha value is -10.8. The molecule has 7 aliphatic carbocycles. The molecule has 13 aromatic carbocycles. The zero-order valence-corrected chi connectivity index (χ0v) is 85.9. The molecule has 784 valence electrons. The largest absolute Gasteiger partial charge is 0.743 e. The third-order valence-electron chi connectivity index (χ3n) is 27.4. The molecule has 9 nitrogen and oxygen atoms in total. The molecule has 7 saturated carbocycles. The fourth-order valence-corrected chi connectivity index (χ4v) is 28.7. The van der Waals surface area contributed by atoms with E-state index in [9.17, 15) is 110 Å². The van der Waals surface area contributed by atoms with Crippen molar-refractivity contribution < 1.29 is 115 Å². The first kappa shape index (κ1) is 114. The van der Waals surface area contributed by atoms with Crippen molar-refractivity contribution in [3.8, 4) is 5.75 Å². The van der Waals surface area contributed by atoms with Gasteiger partial charge in [0.05, 0.1) is 54.9 Å². The highest BCUT2D eigenvalue weighted by Crippen LogP contribution is 2.68. The average Bonchev–Trinajstić information content (AvgIpc) is 1.56. The number of carbonyl (C=O) groups excluding carboxylic acids is 1. The predicted molar refractivity (Wildman–Crippen MR) is 546 cm³/mol. The Morgan fingerprint density at radius 3 is 0.899 bits per heavy atom. The highest BCUT2D eigenvalue weighted by molar-refractivity contribution is 7.97. The van der Waals surface area contributed by atoms with Crippen molar-refractivity contribution >= 4 is 71.5 Å². The van der Waals surface area contributed by atoms with Crippen LogP contribution in [0, 0.1) is 66.8 Å². The topological polar surface area (TPSA) is 158 Å². The second-order valence-electron chi connectivity index (χ2n) is 37.7. The van der Waals surface area contributed by atoms with Gasteiger partial charge in [0.15, 0.2) is 54.2 Å². The third kappa shape index (κ3) is 31.2. The Labute approximate surface area is 867 Å². The summed E-state index contributed by atoms with van der Waals surface area (Å²) in [5, 5.41) is 4.49. The first-order chi connectivity index (χ1) is 70.3. The van der Waals surface area contributed by atoms with Gasteiger partial charge in [-0.2, -0.15) is 69.9 Å². The summed E-state index contributed by atoms with van der Waals surface area (Å²) < 4.78 is 284. The van der Waals surface area contributed by atoms with Crippen LogP contribution in [0.1, 0.15) is 196 Å². The van der Waals surface area contributed by atoms with Crippen LogP contribution in [0.4, 0.5) is 74.6 Å². The van der Waals surface area contributed by atoms with Gasteiger partial charge in [-0.05, 0) is 384 Å². The molecule has 7 unspecified atom stereocenters. The summed E-state index contributed by atoms with van der Waals surface area (Å²) in [6.07, 6.45) is 3.00. The molecule has 32 heteroatoms. The van der Waals surface area contributed by atoms with E-state index in [2.05, 4.69) is 164 Å². The van der Waals surface area contributed by atoms with E-state index in [-0.39, 0.29) is 80.3 Å². The number of rotatable bonds is 16. The lowest BCUT2D eigenvalue weighted by molar-refractivity contribution is -0.172. The van der Waals surface area contributed by atoms with Gasteiger partial charge in [-0.15, -0.1) is 0 Å². The fourth-order valence-electron chi connectivity index (χ4n) is 21.0. The summed E-state index contributed by atoms with van der Waals surface area (Å²) >= 11 is 3.36. The van der Waals surface area contributed by atoms with Crippen LogP contribution >= 0.6 is 0 Å². The predicted octanol–water partition coefficient (Wildman–Crippen LogP) is 32.4. The Morgan fingerprint density at radius 2 is 0.622 bits per heavy atom. The zero-order chi connectivity index (χ0) is 106. The van der Waals surface area contributed by atoms with Gasteiger partial charge in [-0.1, -0.05) is 179 Å².